The Morgan fingerprint density at radius 1 is 0.667 bits per heavy atom. The van der Waals surface area contributed by atoms with Crippen molar-refractivity contribution in [3.63, 3.8) is 0 Å². The monoisotopic (exact) mass is 582 g/mol. The minimum atomic E-state index is -0.986. The number of hydrogen-bond donors (Lipinski definition) is 0. The van der Waals surface area contributed by atoms with Crippen molar-refractivity contribution in [2.75, 3.05) is 19.8 Å². The fraction of sp³-hybridized carbons (Fsp3) is 0.500. The van der Waals surface area contributed by atoms with Gasteiger partial charge in [0.1, 0.15) is 5.82 Å². The summed E-state index contributed by atoms with van der Waals surface area (Å²) in [6.07, 6.45) is 11.9. The van der Waals surface area contributed by atoms with E-state index in [-0.39, 0.29) is 11.3 Å². The molecule has 0 aliphatic carbocycles. The standard InChI is InChI=1S/C36H45F3O3/c1-3-5-7-8-9-10-12-22-40-33-21-20-31(34(38)35(33)39)28-16-14-27(15-17-28)30-19-18-29(23-32(30)37)36-41-24-26(25-42-36)13-11-6-4-2/h14-21,23,26,36H,3-13,22,24-25H2,1-2H3. The van der Waals surface area contributed by atoms with E-state index in [0.29, 0.717) is 48.0 Å². The molecule has 228 valence electrons. The van der Waals surface area contributed by atoms with Crippen LogP contribution in [0.4, 0.5) is 13.2 Å². The van der Waals surface area contributed by atoms with Gasteiger partial charge in [0.2, 0.25) is 5.82 Å². The van der Waals surface area contributed by atoms with Crippen molar-refractivity contribution in [1.29, 1.82) is 0 Å². The zero-order valence-corrected chi connectivity index (χ0v) is 25.1. The van der Waals surface area contributed by atoms with Gasteiger partial charge in [0.25, 0.3) is 0 Å². The third-order valence-electron chi connectivity index (χ3n) is 8.01. The molecule has 6 heteroatoms. The van der Waals surface area contributed by atoms with Crippen LogP contribution in [0, 0.1) is 23.4 Å². The fourth-order valence-corrected chi connectivity index (χ4v) is 5.43. The molecule has 0 aromatic heterocycles. The molecule has 3 aromatic rings. The van der Waals surface area contributed by atoms with Crippen LogP contribution in [0.15, 0.2) is 54.6 Å². The van der Waals surface area contributed by atoms with E-state index in [0.717, 1.165) is 25.7 Å². The van der Waals surface area contributed by atoms with E-state index in [1.807, 2.05) is 6.07 Å². The van der Waals surface area contributed by atoms with Gasteiger partial charge < -0.3 is 14.2 Å². The lowest BCUT2D eigenvalue weighted by Gasteiger charge is -2.29. The van der Waals surface area contributed by atoms with Gasteiger partial charge in [-0.1, -0.05) is 108 Å². The van der Waals surface area contributed by atoms with Gasteiger partial charge in [-0.2, -0.15) is 4.39 Å². The Kier molecular flexibility index (Phi) is 12.8. The van der Waals surface area contributed by atoms with Crippen LogP contribution >= 0.6 is 0 Å². The Morgan fingerprint density at radius 2 is 1.26 bits per heavy atom. The molecule has 1 fully saturated rings. The van der Waals surface area contributed by atoms with E-state index in [4.69, 9.17) is 14.2 Å². The zero-order valence-electron chi connectivity index (χ0n) is 25.1. The lowest BCUT2D eigenvalue weighted by molar-refractivity contribution is -0.206. The molecule has 0 atom stereocenters. The van der Waals surface area contributed by atoms with Gasteiger partial charge in [0.05, 0.1) is 19.8 Å². The molecule has 0 amide bonds. The first-order valence-electron chi connectivity index (χ1n) is 15.8. The maximum absolute atomic E-state index is 15.1. The normalized spacial score (nSPS) is 17.0. The van der Waals surface area contributed by atoms with E-state index in [2.05, 4.69) is 13.8 Å². The number of halogens is 3. The van der Waals surface area contributed by atoms with Crippen molar-refractivity contribution in [3.8, 4) is 28.0 Å². The van der Waals surface area contributed by atoms with Crippen LogP contribution in [0.1, 0.15) is 96.3 Å². The van der Waals surface area contributed by atoms with Crippen molar-refractivity contribution in [1.82, 2.24) is 0 Å². The third kappa shape index (κ3) is 8.84. The van der Waals surface area contributed by atoms with Crippen LogP contribution in [0.2, 0.25) is 0 Å². The summed E-state index contributed by atoms with van der Waals surface area (Å²) in [5, 5.41) is 0. The Hall–Kier alpha value is -2.83. The van der Waals surface area contributed by atoms with Crippen LogP contribution in [0.5, 0.6) is 5.75 Å². The summed E-state index contributed by atoms with van der Waals surface area (Å²) in [6, 6.07) is 14.7. The van der Waals surface area contributed by atoms with Crippen LogP contribution in [-0.4, -0.2) is 19.8 Å². The van der Waals surface area contributed by atoms with Crippen molar-refractivity contribution < 1.29 is 27.4 Å². The molecule has 0 N–H and O–H groups in total. The Bertz CT molecular complexity index is 1240. The average Bonchev–Trinajstić information content (AvgIpc) is 3.01. The largest absolute Gasteiger partial charge is 0.490 e. The minimum absolute atomic E-state index is 0.0704. The number of rotatable bonds is 16. The van der Waals surface area contributed by atoms with Crippen LogP contribution in [0.3, 0.4) is 0 Å². The second-order valence-corrected chi connectivity index (χ2v) is 11.4. The first kappa shape index (κ1) is 32.1. The molecule has 0 radical (unpaired) electrons. The lowest BCUT2D eigenvalue weighted by atomic mass is 9.98. The van der Waals surface area contributed by atoms with E-state index in [1.165, 1.54) is 63.1 Å². The first-order chi connectivity index (χ1) is 20.5. The second kappa shape index (κ2) is 16.7. The van der Waals surface area contributed by atoms with Gasteiger partial charge in [0.15, 0.2) is 17.9 Å². The molecule has 1 aliphatic rings. The van der Waals surface area contributed by atoms with Crippen molar-refractivity contribution in [2.24, 2.45) is 5.92 Å². The molecule has 0 unspecified atom stereocenters. The van der Waals surface area contributed by atoms with Gasteiger partial charge in [0, 0.05) is 22.6 Å². The van der Waals surface area contributed by atoms with Gasteiger partial charge >= 0.3 is 0 Å². The van der Waals surface area contributed by atoms with E-state index in [1.54, 1.807) is 30.3 Å². The zero-order chi connectivity index (χ0) is 29.7. The Morgan fingerprint density at radius 3 is 1.93 bits per heavy atom. The SMILES string of the molecule is CCCCCCCCCOc1ccc(-c2ccc(-c3ccc(C4OCC(CCCCC)CO4)cc3F)cc2)c(F)c1F. The van der Waals surface area contributed by atoms with Gasteiger partial charge in [-0.05, 0) is 42.2 Å². The predicted octanol–water partition coefficient (Wildman–Crippen LogP) is 10.8. The summed E-state index contributed by atoms with van der Waals surface area (Å²) in [6.45, 7) is 5.96. The molecule has 42 heavy (non-hydrogen) atoms. The quantitative estimate of drug-likeness (QED) is 0.157. The first-order valence-corrected chi connectivity index (χ1v) is 15.8. The van der Waals surface area contributed by atoms with Gasteiger partial charge in [-0.3, -0.25) is 0 Å². The minimum Gasteiger partial charge on any atom is -0.490 e. The highest BCUT2D eigenvalue weighted by molar-refractivity contribution is 5.71. The third-order valence-corrected chi connectivity index (χ3v) is 8.01. The predicted molar refractivity (Wildman–Crippen MR) is 163 cm³/mol. The van der Waals surface area contributed by atoms with Crippen molar-refractivity contribution in [3.05, 3.63) is 77.6 Å². The molecular formula is C36H45F3O3. The van der Waals surface area contributed by atoms with Crippen LogP contribution in [-0.2, 0) is 9.47 Å². The smallest absolute Gasteiger partial charge is 0.201 e. The molecule has 1 aliphatic heterocycles. The summed E-state index contributed by atoms with van der Waals surface area (Å²) in [5.41, 5.74) is 2.34. The number of benzene rings is 3. The summed E-state index contributed by atoms with van der Waals surface area (Å²) in [5.74, 6) is -2.01. The molecule has 0 spiro atoms. The molecule has 1 saturated heterocycles. The maximum Gasteiger partial charge on any atom is 0.201 e. The summed E-state index contributed by atoms with van der Waals surface area (Å²) in [7, 11) is 0. The highest BCUT2D eigenvalue weighted by atomic mass is 19.2. The van der Waals surface area contributed by atoms with Gasteiger partial charge in [-0.15, -0.1) is 0 Å². The topological polar surface area (TPSA) is 27.7 Å². The molecule has 3 nitrogen and oxygen atoms in total. The lowest BCUT2D eigenvalue weighted by Crippen LogP contribution is -2.27. The Labute approximate surface area is 249 Å². The highest BCUT2D eigenvalue weighted by Crippen LogP contribution is 2.34. The molecule has 0 saturated carbocycles. The average molecular weight is 583 g/mol. The van der Waals surface area contributed by atoms with Crippen molar-refractivity contribution in [2.45, 2.75) is 90.8 Å². The van der Waals surface area contributed by atoms with Crippen LogP contribution < -0.4 is 4.74 Å². The Balaban J connectivity index is 1.33. The molecule has 1 heterocycles. The van der Waals surface area contributed by atoms with Crippen LogP contribution in [0.25, 0.3) is 22.3 Å². The van der Waals surface area contributed by atoms with Gasteiger partial charge in [-0.25, -0.2) is 8.78 Å². The highest BCUT2D eigenvalue weighted by Gasteiger charge is 2.24. The summed E-state index contributed by atoms with van der Waals surface area (Å²) < 4.78 is 62.2. The van der Waals surface area contributed by atoms with E-state index >= 15 is 4.39 Å². The summed E-state index contributed by atoms with van der Waals surface area (Å²) >= 11 is 0. The fourth-order valence-electron chi connectivity index (χ4n) is 5.43. The molecule has 0 bridgehead atoms. The molecule has 4 rings (SSSR count). The maximum atomic E-state index is 15.1. The van der Waals surface area contributed by atoms with E-state index in [9.17, 15) is 8.78 Å². The molecular weight excluding hydrogens is 537 g/mol. The number of hydrogen-bond acceptors (Lipinski definition) is 3. The van der Waals surface area contributed by atoms with E-state index < -0.39 is 23.7 Å². The number of unbranched alkanes of at least 4 members (excludes halogenated alkanes) is 8. The summed E-state index contributed by atoms with van der Waals surface area (Å²) in [4.78, 5) is 0. The molecule has 3 aromatic carbocycles. The second-order valence-electron chi connectivity index (χ2n) is 11.4. The number of ether oxygens (including phenoxy) is 3. The van der Waals surface area contributed by atoms with Crippen molar-refractivity contribution >= 4 is 0 Å².